The number of benzene rings is 19. The van der Waals surface area contributed by atoms with Crippen LogP contribution in [0.15, 0.2) is 485 Å². The van der Waals surface area contributed by atoms with E-state index in [4.69, 9.17) is 19.7 Å². The third-order valence-corrected chi connectivity index (χ3v) is 28.9. The molecule has 0 fully saturated rings. The molecule has 24 aromatic rings. The molecule has 620 valence electrons. The van der Waals surface area contributed by atoms with Crippen molar-refractivity contribution in [2.24, 2.45) is 0 Å². The fourth-order valence-corrected chi connectivity index (χ4v) is 22.8. The van der Waals surface area contributed by atoms with Gasteiger partial charge in [0.05, 0.1) is 91.9 Å². The summed E-state index contributed by atoms with van der Waals surface area (Å²) >= 11 is 5.59. The fraction of sp³-hybridized carbons (Fsp3) is 0. The van der Waals surface area contributed by atoms with Crippen LogP contribution in [0.25, 0.3) is 131 Å². The Morgan fingerprint density at radius 3 is 1.06 bits per heavy atom. The Labute approximate surface area is 774 Å². The maximum absolute atomic E-state index is 6.59. The van der Waals surface area contributed by atoms with E-state index in [0.29, 0.717) is 0 Å². The van der Waals surface area contributed by atoms with E-state index in [2.05, 4.69) is 418 Å². The van der Waals surface area contributed by atoms with Crippen molar-refractivity contribution in [3.63, 3.8) is 0 Å². The molecule has 28 rings (SSSR count). The van der Waals surface area contributed by atoms with Crippen LogP contribution in [0, 0.1) is 0 Å². The molecular weight excluding hydrogens is 1670 g/mol. The number of rotatable bonds is 6. The summed E-state index contributed by atoms with van der Waals surface area (Å²) in [6.07, 6.45) is 9.50. The zero-order chi connectivity index (χ0) is 87.1. The smallest absolute Gasteiger partial charge is 0.159 e. The molecule has 0 bridgehead atoms. The number of pyridine rings is 5. The minimum atomic E-state index is 0.835. The second-order valence-corrected chi connectivity index (χ2v) is 36.1. The van der Waals surface area contributed by atoms with Gasteiger partial charge in [-0.3, -0.25) is 24.8 Å². The summed E-state index contributed by atoms with van der Waals surface area (Å²) in [4.78, 5) is 40.6. The van der Waals surface area contributed by atoms with Gasteiger partial charge >= 0.3 is 0 Å². The Hall–Kier alpha value is -16.4. The van der Waals surface area contributed by atoms with E-state index < -0.39 is 0 Å². The summed E-state index contributed by atoms with van der Waals surface area (Å²) in [5, 5.41) is 23.1. The summed E-state index contributed by atoms with van der Waals surface area (Å²) in [5.41, 5.74) is 17.4. The van der Waals surface area contributed by atoms with Crippen molar-refractivity contribution in [3.8, 4) is 34.1 Å². The van der Waals surface area contributed by atoms with Crippen LogP contribution in [-0.2, 0) is 0 Å². The Kier molecular flexibility index (Phi) is 19.5. The summed E-state index contributed by atoms with van der Waals surface area (Å²) in [7, 11) is 0. The molecule has 10 nitrogen and oxygen atoms in total. The van der Waals surface area contributed by atoms with E-state index in [-0.39, 0.29) is 0 Å². The first-order valence-electron chi connectivity index (χ1n) is 44.1. The van der Waals surface area contributed by atoms with E-state index >= 15 is 0 Å². The highest BCUT2D eigenvalue weighted by molar-refractivity contribution is 8.00. The summed E-state index contributed by atoms with van der Waals surface area (Å²) < 4.78 is 6.59. The lowest BCUT2D eigenvalue weighted by atomic mass is 10.0. The predicted molar refractivity (Wildman–Crippen MR) is 552 cm³/mol. The molecule has 0 atom stereocenters. The second kappa shape index (κ2) is 33.0. The standard InChI is InChI=1S/C31H20N2S.C30H19N3S.C29H18N2O.C29H18N2S/c1-3-9-25-21(7-1)15-19-29-30(25)33(24-16-12-23(13-17-24)27-11-5-6-20-32-27)28-18-14-22-8-2-4-10-26(22)31(28)34-29;1-3-9-23-20(7-1)13-17-28-29(23)33(22-14-15-26(32-19-22)25-11-5-6-18-31-25)27-16-12-21-8-2-4-10-24(21)30(27)34-28;1-4-10-22-19(7-1)14-16-26-27(22)31(29-24-12-6-3-9-21(24)17-18-30-29)25-15-13-20-8-2-5-11-23(20)28(25)32-26;1-4-10-23-19(7-1)14-16-27-28(23)31(22-17-21-9-3-6-12-25(21)30-18-22)26-15-13-20-8-2-5-11-24(20)29(26)32-27/h1-20H;1-19H;2*1-18H. The van der Waals surface area contributed by atoms with Crippen LogP contribution < -0.4 is 24.3 Å². The molecule has 0 saturated carbocycles. The van der Waals surface area contributed by atoms with Gasteiger partial charge in [0.15, 0.2) is 11.5 Å². The number of para-hydroxylation sites is 1. The molecule has 0 saturated heterocycles. The number of hydrogen-bond acceptors (Lipinski definition) is 13. The van der Waals surface area contributed by atoms with Gasteiger partial charge in [-0.2, -0.15) is 0 Å². The molecule has 0 spiro atoms. The highest BCUT2D eigenvalue weighted by Gasteiger charge is 2.35. The number of ether oxygens (including phenoxy) is 1. The van der Waals surface area contributed by atoms with Gasteiger partial charge in [-0.05, 0) is 180 Å². The second-order valence-electron chi connectivity index (χ2n) is 32.9. The van der Waals surface area contributed by atoms with E-state index in [1.807, 2.05) is 96.5 Å². The quantitative estimate of drug-likeness (QED) is 0.159. The van der Waals surface area contributed by atoms with Crippen LogP contribution in [0.5, 0.6) is 11.5 Å². The molecular formula is C119H75N9OS3. The molecule has 0 radical (unpaired) electrons. The Morgan fingerprint density at radius 1 is 0.212 bits per heavy atom. The molecule has 4 aliphatic rings. The first-order valence-corrected chi connectivity index (χ1v) is 46.6. The monoisotopic (exact) mass is 1740 g/mol. The highest BCUT2D eigenvalue weighted by atomic mass is 32.2. The van der Waals surface area contributed by atoms with E-state index in [1.165, 1.54) is 134 Å². The van der Waals surface area contributed by atoms with Crippen molar-refractivity contribution in [1.29, 1.82) is 0 Å². The number of hydrogen-bond donors (Lipinski definition) is 0. The molecule has 9 heterocycles. The predicted octanol–water partition coefficient (Wildman–Crippen LogP) is 34.0. The minimum absolute atomic E-state index is 0.835. The zero-order valence-corrected chi connectivity index (χ0v) is 73.4. The third-order valence-electron chi connectivity index (χ3n) is 25.3. The fourth-order valence-electron chi connectivity index (χ4n) is 19.2. The molecule has 0 unspecified atom stereocenters. The van der Waals surface area contributed by atoms with Gasteiger partial charge in [0.1, 0.15) is 5.82 Å². The summed E-state index contributed by atoms with van der Waals surface area (Å²) in [5.74, 6) is 2.60. The van der Waals surface area contributed by atoms with Crippen molar-refractivity contribution in [2.45, 2.75) is 29.4 Å². The minimum Gasteiger partial charge on any atom is -0.452 e. The number of nitrogens with zero attached hydrogens (tertiary/aromatic N) is 9. The molecule has 132 heavy (non-hydrogen) atoms. The van der Waals surface area contributed by atoms with Gasteiger partial charge in [-0.25, -0.2) is 4.98 Å². The van der Waals surface area contributed by atoms with Crippen LogP contribution >= 0.6 is 35.3 Å². The average molecular weight is 1740 g/mol. The molecule has 0 N–H and O–H groups in total. The summed E-state index contributed by atoms with van der Waals surface area (Å²) in [6, 6.07) is 150. The van der Waals surface area contributed by atoms with E-state index in [1.54, 1.807) is 6.20 Å². The zero-order valence-electron chi connectivity index (χ0n) is 71.0. The number of anilines is 12. The van der Waals surface area contributed by atoms with Crippen molar-refractivity contribution >= 4 is 212 Å². The van der Waals surface area contributed by atoms with Gasteiger partial charge in [0, 0.05) is 96.9 Å². The maximum atomic E-state index is 6.59. The lowest BCUT2D eigenvalue weighted by Crippen LogP contribution is -2.18. The topological polar surface area (TPSA) is 86.6 Å². The van der Waals surface area contributed by atoms with Crippen LogP contribution in [0.3, 0.4) is 0 Å². The normalized spacial score (nSPS) is 12.6. The molecule has 0 aliphatic carbocycles. The van der Waals surface area contributed by atoms with Gasteiger partial charge < -0.3 is 19.4 Å². The lowest BCUT2D eigenvalue weighted by Gasteiger charge is -2.34. The largest absolute Gasteiger partial charge is 0.452 e. The number of fused-ring (bicyclic) bond motifs is 26. The van der Waals surface area contributed by atoms with E-state index in [0.717, 1.165) is 106 Å². The van der Waals surface area contributed by atoms with Crippen molar-refractivity contribution < 1.29 is 4.74 Å². The Morgan fingerprint density at radius 2 is 0.576 bits per heavy atom. The van der Waals surface area contributed by atoms with Gasteiger partial charge in [0.25, 0.3) is 0 Å². The SMILES string of the molecule is c1ccc(-c2ccc(N3c4ccc5ccccc5c4Sc4ccc5ccccc5c43)cc2)nc1.c1ccc(-c2ccc(N3c4ccc5ccccc5c4Sc4ccc5ccccc5c43)cn2)nc1.c1ccc2c(N3c4ccc5ccccc5c4Oc4ccc5ccccc5c43)nccc2c1.c1ccc2ncc(N3c4ccc5ccccc5c4Sc4ccc5ccccc5c43)cc2c1. The van der Waals surface area contributed by atoms with Crippen molar-refractivity contribution in [1.82, 2.24) is 24.9 Å². The Bertz CT molecular complexity index is 8460. The number of aromatic nitrogens is 5. The molecule has 13 heteroatoms. The van der Waals surface area contributed by atoms with Crippen LogP contribution in [0.1, 0.15) is 0 Å². The van der Waals surface area contributed by atoms with Crippen molar-refractivity contribution in [2.75, 3.05) is 19.6 Å². The molecule has 19 aromatic carbocycles. The van der Waals surface area contributed by atoms with Gasteiger partial charge in [-0.15, -0.1) is 0 Å². The van der Waals surface area contributed by atoms with Gasteiger partial charge in [0.2, 0.25) is 0 Å². The van der Waals surface area contributed by atoms with E-state index in [9.17, 15) is 0 Å². The molecule has 0 amide bonds. The Balaban J connectivity index is 0.0000000946. The van der Waals surface area contributed by atoms with Crippen LogP contribution in [0.4, 0.5) is 68.4 Å². The van der Waals surface area contributed by atoms with Gasteiger partial charge in [-0.1, -0.05) is 345 Å². The van der Waals surface area contributed by atoms with Crippen molar-refractivity contribution in [3.05, 3.63) is 456 Å². The average Bonchev–Trinajstić information content (AvgIpc) is 0.732. The highest BCUT2D eigenvalue weighted by Crippen LogP contribution is 2.61. The van der Waals surface area contributed by atoms with Crippen LogP contribution in [0.2, 0.25) is 0 Å². The van der Waals surface area contributed by atoms with Crippen LogP contribution in [-0.4, -0.2) is 24.9 Å². The molecule has 4 aliphatic heterocycles. The third kappa shape index (κ3) is 13.7. The molecule has 5 aromatic heterocycles. The summed E-state index contributed by atoms with van der Waals surface area (Å²) in [6.45, 7) is 0. The first-order chi connectivity index (χ1) is 65.5. The maximum Gasteiger partial charge on any atom is 0.159 e. The lowest BCUT2D eigenvalue weighted by molar-refractivity contribution is 0.483. The first kappa shape index (κ1) is 77.9.